The van der Waals surface area contributed by atoms with E-state index in [0.717, 1.165) is 6.20 Å². The molecule has 2 aliphatic heterocycles. The number of pyridine rings is 1. The molecular weight excluding hydrogens is 434 g/mol. The van der Waals surface area contributed by atoms with Crippen molar-refractivity contribution >= 4 is 16.6 Å². The molecule has 4 atom stereocenters. The summed E-state index contributed by atoms with van der Waals surface area (Å²) in [5.74, 6) is -0.403. The number of ether oxygens (including phenoxy) is 1. The summed E-state index contributed by atoms with van der Waals surface area (Å²) in [5.41, 5.74) is -0.252. The lowest BCUT2D eigenvalue weighted by Gasteiger charge is -2.45. The van der Waals surface area contributed by atoms with Crippen molar-refractivity contribution in [3.63, 3.8) is 0 Å². The first-order chi connectivity index (χ1) is 15.9. The molecule has 2 saturated heterocycles. The highest BCUT2D eigenvalue weighted by Gasteiger charge is 2.42. The fourth-order valence-electron chi connectivity index (χ4n) is 4.64. The molecule has 0 amide bonds. The zero-order chi connectivity index (χ0) is 23.3. The quantitative estimate of drug-likeness (QED) is 0.608. The molecule has 33 heavy (non-hydrogen) atoms. The second-order valence-electron chi connectivity index (χ2n) is 8.49. The highest BCUT2D eigenvalue weighted by atomic mass is 19.1. The highest BCUT2D eigenvalue weighted by Crippen LogP contribution is 2.32. The summed E-state index contributed by atoms with van der Waals surface area (Å²) in [6.07, 6.45) is 1.98. The van der Waals surface area contributed by atoms with E-state index in [0.29, 0.717) is 32.0 Å². The van der Waals surface area contributed by atoms with E-state index < -0.39 is 23.6 Å². The van der Waals surface area contributed by atoms with Crippen LogP contribution in [0, 0.1) is 5.82 Å². The zero-order valence-electron chi connectivity index (χ0n) is 18.2. The third-order valence-corrected chi connectivity index (χ3v) is 6.49. The Hall–Kier alpha value is -3.18. The highest BCUT2D eigenvalue weighted by molar-refractivity contribution is 5.89. The van der Waals surface area contributed by atoms with Gasteiger partial charge in [0.25, 0.3) is 5.56 Å². The summed E-state index contributed by atoms with van der Waals surface area (Å²) in [4.78, 5) is 18.5. The number of phenolic OH excluding ortho intramolecular Hbond substituents is 1. The van der Waals surface area contributed by atoms with Crippen LogP contribution >= 0.6 is 0 Å². The van der Waals surface area contributed by atoms with E-state index in [1.54, 1.807) is 18.9 Å². The molecular formula is C22H24F2N6O3. The maximum absolute atomic E-state index is 15.0. The maximum atomic E-state index is 15.0. The minimum atomic E-state index is -1.15. The van der Waals surface area contributed by atoms with E-state index in [-0.39, 0.29) is 40.0 Å². The van der Waals surface area contributed by atoms with Crippen LogP contribution in [0.5, 0.6) is 5.75 Å². The van der Waals surface area contributed by atoms with E-state index in [9.17, 15) is 18.7 Å². The van der Waals surface area contributed by atoms with Crippen molar-refractivity contribution in [3.8, 4) is 17.1 Å². The number of piperidine rings is 1. The molecule has 3 aromatic rings. The molecule has 2 aliphatic rings. The zero-order valence-corrected chi connectivity index (χ0v) is 18.2. The van der Waals surface area contributed by atoms with E-state index in [2.05, 4.69) is 20.5 Å². The second-order valence-corrected chi connectivity index (χ2v) is 8.49. The number of aromatic hydroxyl groups is 1. The molecule has 4 heterocycles. The van der Waals surface area contributed by atoms with Gasteiger partial charge in [-0.15, -0.1) is 10.2 Å². The molecule has 9 nitrogen and oxygen atoms in total. The number of alkyl halides is 1. The number of rotatable bonds is 4. The summed E-state index contributed by atoms with van der Waals surface area (Å²) in [5, 5.41) is 22.1. The van der Waals surface area contributed by atoms with Gasteiger partial charge in [-0.05, 0) is 25.5 Å². The Bertz CT molecular complexity index is 1250. The number of halogens is 2. The third-order valence-electron chi connectivity index (χ3n) is 6.49. The fourth-order valence-corrected chi connectivity index (χ4v) is 4.64. The number of aryl methyl sites for hydroxylation is 1. The molecule has 2 fully saturated rings. The van der Waals surface area contributed by atoms with E-state index in [1.165, 1.54) is 22.9 Å². The smallest absolute Gasteiger partial charge is 0.258 e. The number of morpholine rings is 1. The summed E-state index contributed by atoms with van der Waals surface area (Å²) in [7, 11) is 1.74. The van der Waals surface area contributed by atoms with Gasteiger partial charge in [-0.3, -0.25) is 4.79 Å². The molecule has 2 N–H and O–H groups in total. The lowest BCUT2D eigenvalue weighted by Crippen LogP contribution is -2.65. The van der Waals surface area contributed by atoms with E-state index >= 15 is 0 Å². The predicted molar refractivity (Wildman–Crippen MR) is 118 cm³/mol. The van der Waals surface area contributed by atoms with E-state index in [4.69, 9.17) is 4.74 Å². The Balaban J connectivity index is 1.45. The average molecular weight is 458 g/mol. The minimum absolute atomic E-state index is 0.0611. The Morgan fingerprint density at radius 2 is 2.12 bits per heavy atom. The van der Waals surface area contributed by atoms with E-state index in [1.807, 2.05) is 0 Å². The Morgan fingerprint density at radius 3 is 2.85 bits per heavy atom. The molecule has 0 radical (unpaired) electrons. The fraction of sp³-hybridized carbons (Fsp3) is 0.455. The van der Waals surface area contributed by atoms with Gasteiger partial charge in [-0.25, -0.2) is 13.8 Å². The number of hydrogen-bond acceptors (Lipinski definition) is 8. The van der Waals surface area contributed by atoms with Gasteiger partial charge < -0.3 is 24.6 Å². The molecule has 2 unspecified atom stereocenters. The van der Waals surface area contributed by atoms with Gasteiger partial charge >= 0.3 is 0 Å². The van der Waals surface area contributed by atoms with Gasteiger partial charge in [-0.1, -0.05) is 0 Å². The molecule has 1 aromatic carbocycles. The largest absolute Gasteiger partial charge is 0.507 e. The molecule has 2 bridgehead atoms. The summed E-state index contributed by atoms with van der Waals surface area (Å²) in [6, 6.07) is 1.86. The molecule has 2 aromatic heterocycles. The number of anilines is 1. The van der Waals surface area contributed by atoms with Gasteiger partial charge in [0.15, 0.2) is 11.6 Å². The average Bonchev–Trinajstić information content (AvgIpc) is 2.83. The molecule has 174 valence electrons. The van der Waals surface area contributed by atoms with Crippen molar-refractivity contribution in [3.05, 3.63) is 40.7 Å². The van der Waals surface area contributed by atoms with Crippen molar-refractivity contribution in [2.45, 2.75) is 44.2 Å². The number of hydrogen-bond donors (Lipinski definition) is 2. The van der Waals surface area contributed by atoms with Crippen LogP contribution in [0.15, 0.2) is 29.3 Å². The van der Waals surface area contributed by atoms with Crippen LogP contribution in [0.4, 0.5) is 14.6 Å². The van der Waals surface area contributed by atoms with Crippen LogP contribution in [-0.4, -0.2) is 69.4 Å². The van der Waals surface area contributed by atoms with Crippen molar-refractivity contribution in [2.75, 3.05) is 25.2 Å². The summed E-state index contributed by atoms with van der Waals surface area (Å²) >= 11 is 0. The number of nitrogens with zero attached hydrogens (tertiary/aromatic N) is 5. The first kappa shape index (κ1) is 21.7. The maximum Gasteiger partial charge on any atom is 0.258 e. The van der Waals surface area contributed by atoms with Gasteiger partial charge in [0.1, 0.15) is 17.7 Å². The number of benzene rings is 1. The normalized spacial score (nSPS) is 24.7. The Kier molecular flexibility index (Phi) is 5.45. The standard InChI is InChI=1S/C22H24F2N6O3/c1-3-30-8-15(23)12-5-14(18(31)6-13(12)22(30)32)21-25-7-19(27-28-21)29(2)17-4-11-9-33-10-16(26-11)20(17)24/h5-8,11,16-17,20,26,31H,3-4,9-10H2,1-2H3/t11?,16?,17-,20+/m1/s1. The number of phenols is 1. The Labute approximate surface area is 188 Å². The number of aromatic nitrogens is 4. The van der Waals surface area contributed by atoms with Gasteiger partial charge in [0, 0.05) is 31.2 Å². The minimum Gasteiger partial charge on any atom is -0.507 e. The lowest BCUT2D eigenvalue weighted by molar-refractivity contribution is -0.0175. The van der Waals surface area contributed by atoms with Crippen molar-refractivity contribution in [1.82, 2.24) is 25.1 Å². The van der Waals surface area contributed by atoms with Crippen LogP contribution in [0.1, 0.15) is 13.3 Å². The first-order valence-electron chi connectivity index (χ1n) is 10.8. The molecule has 5 rings (SSSR count). The second kappa shape index (κ2) is 8.31. The molecule has 11 heteroatoms. The molecule has 0 aliphatic carbocycles. The first-order valence-corrected chi connectivity index (χ1v) is 10.8. The summed E-state index contributed by atoms with van der Waals surface area (Å²) < 4.78 is 36.3. The van der Waals surface area contributed by atoms with Crippen molar-refractivity contribution in [1.29, 1.82) is 0 Å². The van der Waals surface area contributed by atoms with Crippen LogP contribution in [-0.2, 0) is 11.3 Å². The topological polar surface area (TPSA) is 105 Å². The van der Waals surface area contributed by atoms with Crippen LogP contribution in [0.25, 0.3) is 22.2 Å². The summed E-state index contributed by atoms with van der Waals surface area (Å²) in [6.45, 7) is 2.90. The van der Waals surface area contributed by atoms with Crippen LogP contribution in [0.2, 0.25) is 0 Å². The van der Waals surface area contributed by atoms with Crippen molar-refractivity contribution < 1.29 is 18.6 Å². The predicted octanol–water partition coefficient (Wildman–Crippen LogP) is 1.62. The van der Waals surface area contributed by atoms with Crippen LogP contribution < -0.4 is 15.8 Å². The van der Waals surface area contributed by atoms with Crippen molar-refractivity contribution in [2.24, 2.45) is 0 Å². The Morgan fingerprint density at radius 1 is 1.30 bits per heavy atom. The molecule has 0 saturated carbocycles. The van der Waals surface area contributed by atoms with Gasteiger partial charge in [0.05, 0.1) is 42.4 Å². The molecule has 0 spiro atoms. The van der Waals surface area contributed by atoms with Gasteiger partial charge in [0.2, 0.25) is 0 Å². The SMILES string of the molecule is CCn1cc(F)c2cc(-c3ncc(N(C)[C@@H]4CC5COCC(N5)[C@@H]4F)nn3)c(O)cc2c1=O. The number of nitrogens with one attached hydrogen (secondary N) is 1. The monoisotopic (exact) mass is 458 g/mol. The van der Waals surface area contributed by atoms with Crippen LogP contribution in [0.3, 0.4) is 0 Å². The third kappa shape index (κ3) is 3.70. The van der Waals surface area contributed by atoms with Gasteiger partial charge in [-0.2, -0.15) is 0 Å². The number of fused-ring (bicyclic) bond motifs is 3. The lowest BCUT2D eigenvalue weighted by atomic mass is 9.90.